The van der Waals surface area contributed by atoms with Crippen LogP contribution in [0.15, 0.2) is 48.5 Å². The fourth-order valence-corrected chi connectivity index (χ4v) is 3.93. The van der Waals surface area contributed by atoms with Crippen molar-refractivity contribution in [3.63, 3.8) is 0 Å². The molecular weight excluding hydrogens is 347 g/mol. The number of hydrogen-bond acceptors (Lipinski definition) is 4. The van der Waals surface area contributed by atoms with Crippen molar-refractivity contribution in [2.45, 2.75) is 6.54 Å². The van der Waals surface area contributed by atoms with E-state index >= 15 is 0 Å². The maximum Gasteiger partial charge on any atom is 0.248 e. The van der Waals surface area contributed by atoms with Gasteiger partial charge in [-0.2, -0.15) is 0 Å². The summed E-state index contributed by atoms with van der Waals surface area (Å²) in [5.74, 6) is -0.262. The smallest absolute Gasteiger partial charge is 0.248 e. The van der Waals surface area contributed by atoms with Crippen LogP contribution >= 0.6 is 0 Å². The molecule has 0 bridgehead atoms. The molecule has 4 rings (SSSR count). The largest absolute Gasteiger partial charge is 0.494 e. The maximum absolute atomic E-state index is 14.0. The summed E-state index contributed by atoms with van der Waals surface area (Å²) in [6, 6.07) is 15.1. The van der Waals surface area contributed by atoms with Crippen LogP contribution in [0.25, 0.3) is 0 Å². The number of rotatable bonds is 4. The number of methoxy groups -OCH3 is 1. The molecule has 1 spiro atoms. The monoisotopic (exact) mass is 370 g/mol. The fourth-order valence-electron chi connectivity index (χ4n) is 3.93. The van der Waals surface area contributed by atoms with Gasteiger partial charge in [0.05, 0.1) is 13.7 Å². The van der Waals surface area contributed by atoms with Gasteiger partial charge in [-0.3, -0.25) is 4.79 Å². The molecule has 0 aromatic heterocycles. The summed E-state index contributed by atoms with van der Waals surface area (Å²) in [5.41, 5.74) is 1.85. The van der Waals surface area contributed by atoms with Gasteiger partial charge in [-0.25, -0.2) is 4.39 Å². The zero-order valence-electron chi connectivity index (χ0n) is 15.4. The summed E-state index contributed by atoms with van der Waals surface area (Å²) >= 11 is 0. The van der Waals surface area contributed by atoms with E-state index in [1.807, 2.05) is 18.2 Å². The molecule has 2 fully saturated rings. The highest BCUT2D eigenvalue weighted by Crippen LogP contribution is 2.37. The Hall–Kier alpha value is -2.60. The van der Waals surface area contributed by atoms with E-state index in [9.17, 15) is 9.18 Å². The molecule has 2 heterocycles. The third-order valence-corrected chi connectivity index (χ3v) is 5.28. The molecule has 0 aliphatic carbocycles. The van der Waals surface area contributed by atoms with Crippen molar-refractivity contribution in [1.29, 1.82) is 0 Å². The molecular formula is C21H23FN2O3. The van der Waals surface area contributed by atoms with Crippen molar-refractivity contribution in [3.8, 4) is 5.75 Å². The third-order valence-electron chi connectivity index (χ3n) is 5.28. The Morgan fingerprint density at radius 1 is 1.15 bits per heavy atom. The number of halogens is 1. The van der Waals surface area contributed by atoms with E-state index in [-0.39, 0.29) is 23.7 Å². The number of anilines is 1. The molecule has 0 atom stereocenters. The van der Waals surface area contributed by atoms with Crippen LogP contribution in [0.1, 0.15) is 5.56 Å². The molecule has 6 heteroatoms. The number of amides is 1. The van der Waals surface area contributed by atoms with Crippen molar-refractivity contribution in [1.82, 2.24) is 4.90 Å². The maximum atomic E-state index is 14.0. The Labute approximate surface area is 158 Å². The Balaban J connectivity index is 1.46. The van der Waals surface area contributed by atoms with E-state index in [1.165, 1.54) is 18.9 Å². The standard InChI is InChI=1S/C21H23FN2O3/c1-26-19-8-7-16(9-18(19)22)10-23-12-21(15-27-11-20(23)25)13-24(14-21)17-5-3-2-4-6-17/h2-9H,10-15H2,1H3. The molecule has 0 N–H and O–H groups in total. The van der Waals surface area contributed by atoms with E-state index in [2.05, 4.69) is 17.0 Å². The van der Waals surface area contributed by atoms with E-state index in [0.717, 1.165) is 18.7 Å². The van der Waals surface area contributed by atoms with E-state index < -0.39 is 5.82 Å². The number of hydrogen-bond donors (Lipinski definition) is 0. The minimum Gasteiger partial charge on any atom is -0.494 e. The Bertz CT molecular complexity index is 821. The van der Waals surface area contributed by atoms with E-state index in [0.29, 0.717) is 19.7 Å². The molecule has 5 nitrogen and oxygen atoms in total. The Kier molecular flexibility index (Phi) is 4.74. The third kappa shape index (κ3) is 3.62. The van der Waals surface area contributed by atoms with Gasteiger partial charge in [0.15, 0.2) is 11.6 Å². The molecule has 2 aromatic carbocycles. The van der Waals surface area contributed by atoms with Crippen LogP contribution in [0, 0.1) is 11.2 Å². The highest BCUT2D eigenvalue weighted by Gasteiger charge is 2.46. The van der Waals surface area contributed by atoms with Crippen LogP contribution in [0.3, 0.4) is 0 Å². The predicted molar refractivity (Wildman–Crippen MR) is 100 cm³/mol. The molecule has 2 aliphatic rings. The van der Waals surface area contributed by atoms with Crippen LogP contribution in [0.4, 0.5) is 10.1 Å². The molecule has 2 aromatic rings. The highest BCUT2D eigenvalue weighted by molar-refractivity contribution is 5.78. The number of para-hydroxylation sites is 1. The summed E-state index contributed by atoms with van der Waals surface area (Å²) in [5, 5.41) is 0. The summed E-state index contributed by atoms with van der Waals surface area (Å²) < 4.78 is 24.6. The first kappa shape index (κ1) is 17.8. The lowest BCUT2D eigenvalue weighted by Crippen LogP contribution is -2.62. The SMILES string of the molecule is COc1ccc(CN2CC3(COCC2=O)CN(c2ccccc2)C3)cc1F. The average Bonchev–Trinajstić information content (AvgIpc) is 2.81. The lowest BCUT2D eigenvalue weighted by Gasteiger charge is -2.51. The second kappa shape index (κ2) is 7.19. The van der Waals surface area contributed by atoms with Gasteiger partial charge in [0, 0.05) is 37.3 Å². The number of benzene rings is 2. The molecule has 142 valence electrons. The molecule has 1 amide bonds. The van der Waals surface area contributed by atoms with Gasteiger partial charge >= 0.3 is 0 Å². The quantitative estimate of drug-likeness (QED) is 0.830. The van der Waals surface area contributed by atoms with Gasteiger partial charge in [-0.05, 0) is 29.8 Å². The second-order valence-corrected chi connectivity index (χ2v) is 7.40. The van der Waals surface area contributed by atoms with Gasteiger partial charge in [-0.15, -0.1) is 0 Å². The molecule has 0 radical (unpaired) electrons. The summed E-state index contributed by atoms with van der Waals surface area (Å²) in [4.78, 5) is 16.6. The fraction of sp³-hybridized carbons (Fsp3) is 0.381. The molecule has 2 aliphatic heterocycles. The summed E-state index contributed by atoms with van der Waals surface area (Å²) in [6.07, 6.45) is 0. The summed E-state index contributed by atoms with van der Waals surface area (Å²) in [7, 11) is 1.44. The number of carbonyl (C=O) groups excluding carboxylic acids is 1. The minimum atomic E-state index is -0.415. The van der Waals surface area contributed by atoms with Crippen molar-refractivity contribution in [2.24, 2.45) is 5.41 Å². The van der Waals surface area contributed by atoms with Crippen LogP contribution in [-0.4, -0.2) is 50.8 Å². The highest BCUT2D eigenvalue weighted by atomic mass is 19.1. The first-order valence-electron chi connectivity index (χ1n) is 9.06. The Morgan fingerprint density at radius 2 is 1.93 bits per heavy atom. The lowest BCUT2D eigenvalue weighted by atomic mass is 9.79. The van der Waals surface area contributed by atoms with Gasteiger partial charge in [0.25, 0.3) is 0 Å². The zero-order chi connectivity index (χ0) is 18.9. The van der Waals surface area contributed by atoms with Crippen molar-refractivity contribution < 1.29 is 18.7 Å². The first-order valence-corrected chi connectivity index (χ1v) is 9.06. The van der Waals surface area contributed by atoms with Crippen molar-refractivity contribution >= 4 is 11.6 Å². The molecule has 0 unspecified atom stereocenters. The van der Waals surface area contributed by atoms with Crippen LogP contribution < -0.4 is 9.64 Å². The zero-order valence-corrected chi connectivity index (χ0v) is 15.4. The number of ether oxygens (including phenoxy) is 2. The van der Waals surface area contributed by atoms with Gasteiger partial charge in [-0.1, -0.05) is 24.3 Å². The predicted octanol–water partition coefficient (Wildman–Crippen LogP) is 2.70. The normalized spacial score (nSPS) is 19.0. The number of carbonyl (C=O) groups is 1. The average molecular weight is 370 g/mol. The van der Waals surface area contributed by atoms with Crippen LogP contribution in [-0.2, 0) is 16.1 Å². The van der Waals surface area contributed by atoms with Crippen molar-refractivity contribution in [2.75, 3.05) is 44.9 Å². The minimum absolute atomic E-state index is 0.0544. The van der Waals surface area contributed by atoms with E-state index in [4.69, 9.17) is 9.47 Å². The lowest BCUT2D eigenvalue weighted by molar-refractivity contribution is -0.134. The number of nitrogens with zero attached hydrogens (tertiary/aromatic N) is 2. The second-order valence-electron chi connectivity index (χ2n) is 7.40. The summed E-state index contributed by atoms with van der Waals surface area (Å²) in [6.45, 7) is 3.32. The van der Waals surface area contributed by atoms with Crippen LogP contribution in [0.2, 0.25) is 0 Å². The topological polar surface area (TPSA) is 42.0 Å². The van der Waals surface area contributed by atoms with Crippen molar-refractivity contribution in [3.05, 3.63) is 59.9 Å². The molecule has 27 heavy (non-hydrogen) atoms. The molecule has 2 saturated heterocycles. The van der Waals surface area contributed by atoms with Crippen LogP contribution in [0.5, 0.6) is 5.75 Å². The van der Waals surface area contributed by atoms with Gasteiger partial charge < -0.3 is 19.3 Å². The van der Waals surface area contributed by atoms with E-state index in [1.54, 1.807) is 17.0 Å². The van der Waals surface area contributed by atoms with Gasteiger partial charge in [0.1, 0.15) is 6.61 Å². The molecule has 0 saturated carbocycles. The van der Waals surface area contributed by atoms with Gasteiger partial charge in [0.2, 0.25) is 5.91 Å². The Morgan fingerprint density at radius 3 is 2.63 bits per heavy atom. The first-order chi connectivity index (χ1) is 13.1.